The molecule has 14 aliphatic rings. The van der Waals surface area contributed by atoms with Crippen LogP contribution in [0.25, 0.3) is 0 Å². The number of methoxy groups -OCH3 is 10. The minimum atomic E-state index is -0.447. The molecule has 2 N–H and O–H groups in total. The highest BCUT2D eigenvalue weighted by molar-refractivity contribution is 5.86. The van der Waals surface area contributed by atoms with Crippen molar-refractivity contribution in [2.24, 2.45) is 23.7 Å². The van der Waals surface area contributed by atoms with E-state index in [0.29, 0.717) is 75.4 Å². The van der Waals surface area contributed by atoms with Gasteiger partial charge in [-0.3, -0.25) is 19.5 Å². The number of carbonyl (C=O) groups excluding carboxylic acids is 1. The maximum absolute atomic E-state index is 12.6. The van der Waals surface area contributed by atoms with Gasteiger partial charge in [-0.2, -0.15) is 0 Å². The molecule has 0 spiro atoms. The molecule has 0 amide bonds. The molecule has 0 bridgehead atoms. The maximum Gasteiger partial charge on any atom is 0.231 e. The van der Waals surface area contributed by atoms with Crippen molar-refractivity contribution in [3.05, 3.63) is 232 Å². The number of benzene rings is 11. The van der Waals surface area contributed by atoms with Crippen LogP contribution in [0.15, 0.2) is 176 Å². The number of aromatic hydroxyl groups is 1. The van der Waals surface area contributed by atoms with E-state index in [0.717, 1.165) is 183 Å². The minimum Gasteiger partial charge on any atom is -0.504 e. The zero-order valence-corrected chi connectivity index (χ0v) is 86.4. The lowest BCUT2D eigenvalue weighted by molar-refractivity contribution is -0.122. The molecule has 1 aliphatic carbocycles. The Bertz CT molecular complexity index is 6620. The van der Waals surface area contributed by atoms with Crippen molar-refractivity contribution in [1.29, 1.82) is 0 Å². The van der Waals surface area contributed by atoms with Crippen LogP contribution in [-0.2, 0) is 4.79 Å². The third kappa shape index (κ3) is 19.0. The lowest BCUT2D eigenvalue weighted by Gasteiger charge is -2.50. The van der Waals surface area contributed by atoms with E-state index < -0.39 is 5.72 Å². The van der Waals surface area contributed by atoms with Gasteiger partial charge in [-0.15, -0.1) is 0 Å². The van der Waals surface area contributed by atoms with E-state index in [-0.39, 0.29) is 123 Å². The number of rotatable bonds is 20. The number of carbonyl (C=O) groups is 1. The highest BCUT2D eigenvalue weighted by Crippen LogP contribution is 2.61. The molecule has 13 heterocycles. The maximum atomic E-state index is 12.6. The summed E-state index contributed by atoms with van der Waals surface area (Å²) in [6.45, 7) is 18.5. The number of nitrogens with one attached hydrogen (secondary N) is 1. The predicted octanol–water partition coefficient (Wildman–Crippen LogP) is 21.0. The van der Waals surface area contributed by atoms with Gasteiger partial charge in [-0.05, 0) is 190 Å². The molecule has 0 radical (unpaired) electrons. The third-order valence-corrected chi connectivity index (χ3v) is 31.7. The Morgan fingerprint density at radius 3 is 1.27 bits per heavy atom. The Labute approximate surface area is 862 Å². The smallest absolute Gasteiger partial charge is 0.231 e. The summed E-state index contributed by atoms with van der Waals surface area (Å²) in [4.78, 5) is 20.0. The average Bonchev–Trinajstić information content (AvgIpc) is 0.772. The van der Waals surface area contributed by atoms with E-state index in [1.807, 2.05) is 127 Å². The Morgan fingerprint density at radius 2 is 0.777 bits per heavy atom. The first-order valence-electron chi connectivity index (χ1n) is 51.1. The number of ketones is 1. The van der Waals surface area contributed by atoms with Crippen molar-refractivity contribution in [3.8, 4) is 149 Å². The second-order valence-corrected chi connectivity index (χ2v) is 39.8. The first kappa shape index (κ1) is 99.5. The van der Waals surface area contributed by atoms with Crippen LogP contribution in [0, 0.1) is 23.7 Å². The number of anilines is 1. The summed E-state index contributed by atoms with van der Waals surface area (Å²) in [5.74, 6) is 18.8. The number of fused-ring (bicyclic) bond motifs is 11. The van der Waals surface area contributed by atoms with Gasteiger partial charge in [0.1, 0.15) is 57.9 Å². The van der Waals surface area contributed by atoms with Crippen LogP contribution in [0.3, 0.4) is 0 Å². The number of para-hydroxylation sites is 1. The number of phenolic OH excluding ortho intramolecular Hbond substituents is 1. The second kappa shape index (κ2) is 42.4. The minimum absolute atomic E-state index is 0.0211. The standard InChI is InChI=1S/C27H29NO7.C25H31NO6.C23H27NO4.C22H25NO5.C20H18O5/c1-15-25(16-10-23(30-3)26(32-5)24(11-16)31-4)19-12-21-22(34-14-33-21)13-20(19)35-27(15)28-17-6-8-18(29-2)9-7-17;1-15-23(16-10-21(27-2)24(29-4)22(11-16)28-3)17-12-19-20(31-14-30-19)13-18(17)32-25(15)26-8-6-5-7-9-26;1-15-22(16-7-6-8-17(11-16)25-3)18-12-20-21(27-14-26-20)13-19(18)28-23(15,2)24-9-4-5-10-24;1-22(23-8-3-4-9-23)12-16(14-6-5-7-17(25-2)21(14)24)15-10-19-20(27-13-26-19)11-18(15)28-22;1-22-12-4-2-11(3-5-12)19-13-8-17-18(24-10-23-17)9-16(13)25-15-7-6-14(21)20(15)19/h6-13,15,25,27-28H,14H2,1-5H3;10-13,15,23,25H,5-9,14H2,1-4H3;6-8,11-13,15,22H,4-5,9-10,14H2,1-3H3;5-7,10-11,16,24H,3-4,8-9,12-13H2,1-2H3;2-5,8-9,15,19-20H,6-7,10H2,1H3. The first-order valence-corrected chi connectivity index (χ1v) is 51.1. The molecule has 11 aromatic carbocycles. The first-order chi connectivity index (χ1) is 72.1. The molecule has 14 atom stereocenters. The largest absolute Gasteiger partial charge is 0.504 e. The van der Waals surface area contributed by atoms with Crippen molar-refractivity contribution >= 4 is 11.5 Å². The van der Waals surface area contributed by atoms with Gasteiger partial charge in [0.05, 0.1) is 77.0 Å². The van der Waals surface area contributed by atoms with Gasteiger partial charge >= 0.3 is 0 Å². The summed E-state index contributed by atoms with van der Waals surface area (Å²) in [5, 5.41) is 14.4. The lowest BCUT2D eigenvalue weighted by Crippen LogP contribution is -2.57. The molecule has 148 heavy (non-hydrogen) atoms. The molecule has 14 unspecified atom stereocenters. The molecule has 1 saturated carbocycles. The van der Waals surface area contributed by atoms with Crippen molar-refractivity contribution in [3.63, 3.8) is 0 Å². The molecule has 0 aromatic heterocycles. The van der Waals surface area contributed by atoms with Crippen LogP contribution < -0.4 is 124 Å². The van der Waals surface area contributed by atoms with Crippen LogP contribution in [-0.4, -0.2) is 200 Å². The molecule has 4 fully saturated rings. The monoisotopic (exact) mass is 2020 g/mol. The molecule has 25 rings (SSSR count). The van der Waals surface area contributed by atoms with Crippen molar-refractivity contribution in [1.82, 2.24) is 14.7 Å². The Hall–Kier alpha value is -14.4. The molecule has 3 saturated heterocycles. The van der Waals surface area contributed by atoms with Gasteiger partial charge in [0.2, 0.25) is 45.5 Å². The number of piperidine rings is 1. The third-order valence-electron chi connectivity index (χ3n) is 31.7. The Morgan fingerprint density at radius 1 is 0.351 bits per heavy atom. The molecule has 780 valence electrons. The van der Waals surface area contributed by atoms with Crippen molar-refractivity contribution in [2.45, 2.75) is 158 Å². The number of nitrogens with zero attached hydrogens (tertiary/aromatic N) is 3. The summed E-state index contributed by atoms with van der Waals surface area (Å²) in [7, 11) is 16.3. The van der Waals surface area contributed by atoms with E-state index in [9.17, 15) is 9.90 Å². The molecular formula is C117H130N4O27. The normalized spacial score (nSPS) is 24.7. The topological polar surface area (TPSA) is 290 Å². The summed E-state index contributed by atoms with van der Waals surface area (Å²) >= 11 is 0. The second-order valence-electron chi connectivity index (χ2n) is 39.8. The van der Waals surface area contributed by atoms with Gasteiger partial charge in [0, 0.05) is 169 Å². The Kier molecular flexibility index (Phi) is 28.5. The van der Waals surface area contributed by atoms with Crippen LogP contribution in [0.5, 0.6) is 149 Å². The van der Waals surface area contributed by atoms with Crippen molar-refractivity contribution in [2.75, 3.05) is 150 Å². The van der Waals surface area contributed by atoms with Crippen molar-refractivity contribution < 1.29 is 128 Å². The fourth-order valence-corrected chi connectivity index (χ4v) is 24.0. The number of phenols is 1. The van der Waals surface area contributed by atoms with Gasteiger partial charge in [0.15, 0.2) is 116 Å². The van der Waals surface area contributed by atoms with Gasteiger partial charge in [-0.1, -0.05) is 63.6 Å². The highest BCUT2D eigenvalue weighted by Gasteiger charge is 2.53. The van der Waals surface area contributed by atoms with Gasteiger partial charge < -0.3 is 129 Å². The van der Waals surface area contributed by atoms with Crippen LogP contribution >= 0.6 is 0 Å². The quantitative estimate of drug-likeness (QED) is 0.0716. The van der Waals surface area contributed by atoms with E-state index in [2.05, 4.69) is 97.1 Å². The molecule has 13 aliphatic heterocycles. The van der Waals surface area contributed by atoms with Gasteiger partial charge in [0.25, 0.3) is 0 Å². The molecule has 31 nitrogen and oxygen atoms in total. The predicted molar refractivity (Wildman–Crippen MR) is 550 cm³/mol. The van der Waals surface area contributed by atoms with Crippen LogP contribution in [0.4, 0.5) is 5.69 Å². The fraction of sp³-hybridized carbons (Fsp3) is 0.427. The number of likely N-dealkylation sites (tertiary alicyclic amines) is 3. The number of Topliss-reactive ketones (excluding diaryl/α,β-unsaturated/α-hetero) is 1. The number of hydrogen-bond acceptors (Lipinski definition) is 31. The fourth-order valence-electron chi connectivity index (χ4n) is 24.0. The molecule has 31 heteroatoms. The zero-order valence-electron chi connectivity index (χ0n) is 86.4. The van der Waals surface area contributed by atoms with Crippen LogP contribution in [0.2, 0.25) is 0 Å². The van der Waals surface area contributed by atoms with E-state index in [4.69, 9.17) is 118 Å². The summed E-state index contributed by atoms with van der Waals surface area (Å²) in [6, 6.07) is 57.7. The summed E-state index contributed by atoms with van der Waals surface area (Å²) in [6.07, 6.45) is 10.2. The average molecular weight is 2020 g/mol. The van der Waals surface area contributed by atoms with Crippen LogP contribution in [0.1, 0.15) is 184 Å². The van der Waals surface area contributed by atoms with E-state index in [1.165, 1.54) is 50.5 Å². The molecular weight excluding hydrogens is 1890 g/mol. The SMILES string of the molecule is COc1cc(C2c3cc4c(cc3OC(N3CCCCC3)C2C)OCO4)cc(OC)c1OC.COc1ccc(C2c3cc4c(cc3OC3CCC(=O)C32)OCO4)cc1.COc1ccc(NC2Oc3cc4c(cc3C(c3cc(OC)c(OC)c(OC)c3)C2C)OCO4)cc1.COc1cccc(C2CC(C)(N3CCCC3)Oc3cc4c(cc32)OCO4)c1O.COc1cccc(C2c3cc4c(cc3OC(C)(N3CCCC3)C2C)OCO4)c1. The Balaban J connectivity index is 0.000000109. The highest BCUT2D eigenvalue weighted by atomic mass is 16.7. The number of ether oxygens (including phenoxy) is 25. The summed E-state index contributed by atoms with van der Waals surface area (Å²) in [5.41, 5.74) is 10.6. The number of hydrogen-bond donors (Lipinski definition) is 2. The zero-order chi connectivity index (χ0) is 102. The van der Waals surface area contributed by atoms with E-state index in [1.54, 1.807) is 77.2 Å². The summed E-state index contributed by atoms with van der Waals surface area (Å²) < 4.78 is 144. The molecule has 11 aromatic rings. The van der Waals surface area contributed by atoms with Gasteiger partial charge in [-0.25, -0.2) is 0 Å². The lowest BCUT2D eigenvalue weighted by atomic mass is 9.74. The van der Waals surface area contributed by atoms with E-state index >= 15 is 0 Å².